The summed E-state index contributed by atoms with van der Waals surface area (Å²) in [6.07, 6.45) is 3.21. The van der Waals surface area contributed by atoms with Crippen molar-refractivity contribution >= 4 is 40.6 Å². The molecule has 0 fully saturated rings. The van der Waals surface area contributed by atoms with Gasteiger partial charge in [0.25, 0.3) is 5.91 Å². The van der Waals surface area contributed by atoms with Gasteiger partial charge in [-0.2, -0.15) is 10.2 Å². The van der Waals surface area contributed by atoms with E-state index in [-0.39, 0.29) is 36.7 Å². The number of allylic oxidation sites excluding steroid dienone is 1. The number of nitrogens with one attached hydrogen (secondary N) is 1. The number of hydrazone groups is 2. The van der Waals surface area contributed by atoms with Crippen molar-refractivity contribution in [2.45, 2.75) is 32.6 Å². The molecule has 0 bridgehead atoms. The first-order valence-corrected chi connectivity index (χ1v) is 10.6. The van der Waals surface area contributed by atoms with Crippen LogP contribution in [0.3, 0.4) is 0 Å². The molecular formula is C24H23FN4O4. The van der Waals surface area contributed by atoms with Crippen molar-refractivity contribution in [3.05, 3.63) is 58.9 Å². The molecule has 2 aromatic rings. The number of phenols is 1. The third-order valence-electron chi connectivity index (χ3n) is 5.61. The summed E-state index contributed by atoms with van der Waals surface area (Å²) in [4.78, 5) is 23.2. The highest BCUT2D eigenvalue weighted by atomic mass is 19.1. The van der Waals surface area contributed by atoms with Crippen LogP contribution >= 0.6 is 0 Å². The summed E-state index contributed by atoms with van der Waals surface area (Å²) < 4.78 is 14.0. The molecule has 0 aromatic heterocycles. The van der Waals surface area contributed by atoms with Gasteiger partial charge in [-0.25, -0.2) is 9.40 Å². The number of fused-ring (bicyclic) bond motifs is 1. The summed E-state index contributed by atoms with van der Waals surface area (Å²) in [5, 5.41) is 29.1. The zero-order valence-electron chi connectivity index (χ0n) is 18.0. The van der Waals surface area contributed by atoms with Gasteiger partial charge in [0.15, 0.2) is 5.71 Å². The highest BCUT2D eigenvalue weighted by Crippen LogP contribution is 2.38. The normalized spacial score (nSPS) is 16.5. The molecule has 1 aliphatic carbocycles. The second-order valence-corrected chi connectivity index (χ2v) is 7.86. The number of benzene rings is 2. The SMILES string of the molecule is CC1=NN(CCCC(=O)O)C(=O)/C1=N\Nc1cccc(C2=Cc3cccc(F)c3CC2)c1O. The summed E-state index contributed by atoms with van der Waals surface area (Å²) in [7, 11) is 0. The Bertz CT molecular complexity index is 1220. The van der Waals surface area contributed by atoms with E-state index in [1.54, 1.807) is 31.2 Å². The molecule has 0 saturated carbocycles. The van der Waals surface area contributed by atoms with Crippen molar-refractivity contribution in [3.8, 4) is 5.75 Å². The number of carbonyl (C=O) groups excluding carboxylic acids is 1. The van der Waals surface area contributed by atoms with Crippen LogP contribution in [0.5, 0.6) is 5.75 Å². The molecule has 2 aliphatic rings. The minimum atomic E-state index is -0.935. The number of anilines is 1. The molecule has 0 spiro atoms. The molecule has 0 atom stereocenters. The number of para-hydroxylation sites is 1. The van der Waals surface area contributed by atoms with Crippen molar-refractivity contribution in [1.29, 1.82) is 0 Å². The minimum Gasteiger partial charge on any atom is -0.505 e. The smallest absolute Gasteiger partial charge is 0.303 e. The van der Waals surface area contributed by atoms with E-state index in [1.807, 2.05) is 12.1 Å². The molecule has 3 N–H and O–H groups in total. The van der Waals surface area contributed by atoms with Gasteiger partial charge in [-0.1, -0.05) is 30.3 Å². The van der Waals surface area contributed by atoms with Crippen LogP contribution in [-0.2, 0) is 16.0 Å². The Labute approximate surface area is 189 Å². The van der Waals surface area contributed by atoms with E-state index in [2.05, 4.69) is 15.6 Å². The molecule has 33 heavy (non-hydrogen) atoms. The van der Waals surface area contributed by atoms with Crippen LogP contribution in [0.4, 0.5) is 10.1 Å². The fraction of sp³-hybridized carbons (Fsp3) is 0.250. The van der Waals surface area contributed by atoms with E-state index in [9.17, 15) is 19.1 Å². The highest BCUT2D eigenvalue weighted by Gasteiger charge is 2.29. The van der Waals surface area contributed by atoms with Crippen molar-refractivity contribution in [2.24, 2.45) is 10.2 Å². The van der Waals surface area contributed by atoms with Crippen LogP contribution in [0.25, 0.3) is 11.6 Å². The molecule has 2 aromatic carbocycles. The number of amides is 1. The Morgan fingerprint density at radius 1 is 1.24 bits per heavy atom. The van der Waals surface area contributed by atoms with E-state index in [0.717, 1.165) is 11.1 Å². The maximum absolute atomic E-state index is 14.0. The molecular weight excluding hydrogens is 427 g/mol. The number of hydrogen-bond acceptors (Lipinski definition) is 6. The molecule has 170 valence electrons. The fourth-order valence-corrected chi connectivity index (χ4v) is 3.93. The number of hydrogen-bond donors (Lipinski definition) is 3. The molecule has 0 radical (unpaired) electrons. The quantitative estimate of drug-likeness (QED) is 0.438. The second-order valence-electron chi connectivity index (χ2n) is 7.86. The summed E-state index contributed by atoms with van der Waals surface area (Å²) in [6, 6.07) is 10.1. The number of carboxylic acid groups (broad SMARTS) is 1. The topological polar surface area (TPSA) is 115 Å². The maximum atomic E-state index is 14.0. The number of carboxylic acids is 1. The third kappa shape index (κ3) is 4.62. The van der Waals surface area contributed by atoms with Crippen LogP contribution in [0, 0.1) is 5.82 Å². The first-order chi connectivity index (χ1) is 15.8. The zero-order chi connectivity index (χ0) is 23.5. The lowest BCUT2D eigenvalue weighted by molar-refractivity contribution is -0.137. The summed E-state index contributed by atoms with van der Waals surface area (Å²) in [5.74, 6) is -1.62. The molecule has 0 saturated heterocycles. The van der Waals surface area contributed by atoms with Crippen molar-refractivity contribution in [2.75, 3.05) is 12.0 Å². The molecule has 1 amide bonds. The molecule has 1 aliphatic heterocycles. The Kier molecular flexibility index (Phi) is 6.21. The number of carbonyl (C=O) groups is 2. The zero-order valence-corrected chi connectivity index (χ0v) is 18.0. The van der Waals surface area contributed by atoms with E-state index in [0.29, 0.717) is 35.4 Å². The molecule has 0 unspecified atom stereocenters. The Morgan fingerprint density at radius 2 is 2.03 bits per heavy atom. The highest BCUT2D eigenvalue weighted by molar-refractivity contribution is 6.68. The lowest BCUT2D eigenvalue weighted by atomic mass is 9.88. The van der Waals surface area contributed by atoms with Gasteiger partial charge in [-0.3, -0.25) is 15.0 Å². The van der Waals surface area contributed by atoms with Crippen molar-refractivity contribution in [3.63, 3.8) is 0 Å². The third-order valence-corrected chi connectivity index (χ3v) is 5.61. The van der Waals surface area contributed by atoms with Crippen LogP contribution in [0.2, 0.25) is 0 Å². The minimum absolute atomic E-state index is 0.0219. The predicted octanol–water partition coefficient (Wildman–Crippen LogP) is 3.87. The summed E-state index contributed by atoms with van der Waals surface area (Å²) in [5.41, 5.74) is 6.50. The monoisotopic (exact) mass is 450 g/mol. The number of aliphatic carboxylic acids is 1. The van der Waals surface area contributed by atoms with Gasteiger partial charge in [0.05, 0.1) is 11.4 Å². The van der Waals surface area contributed by atoms with Gasteiger partial charge in [0.1, 0.15) is 11.6 Å². The van der Waals surface area contributed by atoms with E-state index >= 15 is 0 Å². The summed E-state index contributed by atoms with van der Waals surface area (Å²) in [6.45, 7) is 1.81. The van der Waals surface area contributed by atoms with Gasteiger partial charge < -0.3 is 10.2 Å². The van der Waals surface area contributed by atoms with Crippen LogP contribution in [-0.4, -0.2) is 45.1 Å². The van der Waals surface area contributed by atoms with E-state index < -0.39 is 11.9 Å². The van der Waals surface area contributed by atoms with Crippen molar-refractivity contribution in [1.82, 2.24) is 5.01 Å². The summed E-state index contributed by atoms with van der Waals surface area (Å²) >= 11 is 0. The molecule has 4 rings (SSSR count). The number of nitrogens with zero attached hydrogens (tertiary/aromatic N) is 3. The number of rotatable bonds is 7. The first kappa shape index (κ1) is 22.2. The molecule has 1 heterocycles. The van der Waals surface area contributed by atoms with Gasteiger partial charge in [0, 0.05) is 18.5 Å². The Hall–Kier alpha value is -4.01. The van der Waals surface area contributed by atoms with Gasteiger partial charge in [-0.05, 0) is 55.0 Å². The average molecular weight is 450 g/mol. The average Bonchev–Trinajstić information content (AvgIpc) is 3.05. The van der Waals surface area contributed by atoms with Crippen LogP contribution < -0.4 is 5.43 Å². The van der Waals surface area contributed by atoms with Crippen LogP contribution in [0.1, 0.15) is 42.9 Å². The number of aromatic hydroxyl groups is 1. The van der Waals surface area contributed by atoms with E-state index in [1.165, 1.54) is 11.1 Å². The van der Waals surface area contributed by atoms with Crippen molar-refractivity contribution < 1.29 is 24.2 Å². The van der Waals surface area contributed by atoms with Crippen LogP contribution in [0.15, 0.2) is 46.6 Å². The molecule has 8 nitrogen and oxygen atoms in total. The number of halogens is 1. The maximum Gasteiger partial charge on any atom is 0.303 e. The Morgan fingerprint density at radius 3 is 2.82 bits per heavy atom. The first-order valence-electron chi connectivity index (χ1n) is 10.6. The largest absolute Gasteiger partial charge is 0.505 e. The standard InChI is InChI=1S/C24H23FN4O4/c1-14-22(24(33)29(28-14)12-4-9-21(30)31)27-26-20-8-3-6-18(23(20)32)16-10-11-17-15(13-16)5-2-7-19(17)25/h2-3,5-8,13,26,32H,4,9-12H2,1H3,(H,30,31)/b27-22-. The molecule has 9 heteroatoms. The number of phenolic OH excluding ortho intramolecular Hbond substituents is 1. The fourth-order valence-electron chi connectivity index (χ4n) is 3.93. The predicted molar refractivity (Wildman–Crippen MR) is 123 cm³/mol. The Balaban J connectivity index is 1.52. The van der Waals surface area contributed by atoms with Gasteiger partial charge in [-0.15, -0.1) is 0 Å². The lowest BCUT2D eigenvalue weighted by Gasteiger charge is -2.19. The van der Waals surface area contributed by atoms with Gasteiger partial charge in [0.2, 0.25) is 0 Å². The second kappa shape index (κ2) is 9.23. The lowest BCUT2D eigenvalue weighted by Crippen LogP contribution is -2.29. The van der Waals surface area contributed by atoms with Gasteiger partial charge >= 0.3 is 5.97 Å². The van der Waals surface area contributed by atoms with E-state index in [4.69, 9.17) is 5.11 Å².